The zero-order valence-corrected chi connectivity index (χ0v) is 23.5. The van der Waals surface area contributed by atoms with E-state index in [2.05, 4.69) is 57.5 Å². The fourth-order valence-corrected chi connectivity index (χ4v) is 6.10. The SMILES string of the molecule is CC(C)C1CC(=O)N(C(=O)c2cc(Oc3ccc(Cl)cc3Br)ccc2Cl)C(C(C)C)C1C(C)C. The van der Waals surface area contributed by atoms with Crippen molar-refractivity contribution in [2.45, 2.75) is 54.0 Å². The standard InChI is InChI=1S/C27H32BrCl2NO3/c1-14(2)19-13-24(32)31(26(16(5)6)25(19)15(3)4)27(33)20-12-18(8-9-22(20)30)34-23-10-7-17(29)11-21(23)28/h7-12,14-16,19,25-26H,13H2,1-6H3. The van der Waals surface area contributed by atoms with E-state index in [-0.39, 0.29) is 46.2 Å². The van der Waals surface area contributed by atoms with Crippen LogP contribution in [0.4, 0.5) is 0 Å². The topological polar surface area (TPSA) is 46.6 Å². The average Bonchev–Trinajstić information content (AvgIpc) is 2.75. The Morgan fingerprint density at radius 3 is 2.24 bits per heavy atom. The molecule has 1 heterocycles. The third-order valence-corrected chi connectivity index (χ3v) is 7.87. The maximum absolute atomic E-state index is 13.8. The molecular weight excluding hydrogens is 537 g/mol. The molecule has 4 nitrogen and oxygen atoms in total. The predicted octanol–water partition coefficient (Wildman–Crippen LogP) is 8.49. The van der Waals surface area contributed by atoms with Crippen LogP contribution in [0.2, 0.25) is 10.0 Å². The fraction of sp³-hybridized carbons (Fsp3) is 0.481. The quantitative estimate of drug-likeness (QED) is 0.328. The number of ether oxygens (including phenoxy) is 1. The second-order valence-corrected chi connectivity index (χ2v) is 11.8. The number of halogens is 3. The summed E-state index contributed by atoms with van der Waals surface area (Å²) < 4.78 is 6.67. The van der Waals surface area contributed by atoms with Crippen LogP contribution >= 0.6 is 39.1 Å². The highest BCUT2D eigenvalue weighted by atomic mass is 79.9. The van der Waals surface area contributed by atoms with E-state index >= 15 is 0 Å². The number of hydrogen-bond donors (Lipinski definition) is 0. The van der Waals surface area contributed by atoms with E-state index in [1.165, 1.54) is 4.90 Å². The smallest absolute Gasteiger partial charge is 0.262 e. The average molecular weight is 569 g/mol. The zero-order chi connectivity index (χ0) is 25.3. The minimum Gasteiger partial charge on any atom is -0.456 e. The Bertz CT molecular complexity index is 1070. The van der Waals surface area contributed by atoms with Crippen LogP contribution in [0.25, 0.3) is 0 Å². The summed E-state index contributed by atoms with van der Waals surface area (Å²) in [5.41, 5.74) is 0.258. The van der Waals surface area contributed by atoms with E-state index in [1.54, 1.807) is 36.4 Å². The van der Waals surface area contributed by atoms with E-state index in [1.807, 2.05) is 0 Å². The van der Waals surface area contributed by atoms with Crippen LogP contribution in [0, 0.1) is 29.6 Å². The molecule has 1 saturated heterocycles. The minimum absolute atomic E-state index is 0.116. The van der Waals surface area contributed by atoms with Crippen LogP contribution in [0.15, 0.2) is 40.9 Å². The normalized spacial score (nSPS) is 21.0. The Morgan fingerprint density at radius 2 is 1.68 bits per heavy atom. The van der Waals surface area contributed by atoms with Gasteiger partial charge in [-0.1, -0.05) is 64.7 Å². The number of carbonyl (C=O) groups excluding carboxylic acids is 2. The van der Waals surface area contributed by atoms with Crippen LogP contribution in [0.3, 0.4) is 0 Å². The lowest BCUT2D eigenvalue weighted by molar-refractivity contribution is -0.142. The van der Waals surface area contributed by atoms with E-state index in [0.717, 1.165) is 0 Å². The first-order valence-electron chi connectivity index (χ1n) is 11.7. The lowest BCUT2D eigenvalue weighted by Crippen LogP contribution is -2.58. The van der Waals surface area contributed by atoms with Crippen LogP contribution in [0.1, 0.15) is 58.3 Å². The zero-order valence-electron chi connectivity index (χ0n) is 20.4. The molecule has 0 aliphatic carbocycles. The van der Waals surface area contributed by atoms with Gasteiger partial charge in [-0.2, -0.15) is 0 Å². The Labute approximate surface area is 221 Å². The van der Waals surface area contributed by atoms with Crippen molar-refractivity contribution in [3.63, 3.8) is 0 Å². The van der Waals surface area contributed by atoms with E-state index in [0.29, 0.717) is 39.3 Å². The lowest BCUT2D eigenvalue weighted by Gasteiger charge is -2.49. The third kappa shape index (κ3) is 5.63. The van der Waals surface area contributed by atoms with Gasteiger partial charge in [0.15, 0.2) is 0 Å². The summed E-state index contributed by atoms with van der Waals surface area (Å²) in [6, 6.07) is 9.93. The van der Waals surface area contributed by atoms with Gasteiger partial charge in [0.2, 0.25) is 5.91 Å². The van der Waals surface area contributed by atoms with Gasteiger partial charge in [0, 0.05) is 17.5 Å². The summed E-state index contributed by atoms with van der Waals surface area (Å²) >= 11 is 15.9. The molecule has 3 rings (SSSR count). The van der Waals surface area contributed by atoms with Gasteiger partial charge in [-0.15, -0.1) is 0 Å². The van der Waals surface area contributed by atoms with Gasteiger partial charge in [-0.05, 0) is 81.9 Å². The largest absolute Gasteiger partial charge is 0.456 e. The highest BCUT2D eigenvalue weighted by Gasteiger charge is 2.48. The van der Waals surface area contributed by atoms with Crippen LogP contribution < -0.4 is 4.74 Å². The molecule has 184 valence electrons. The molecule has 34 heavy (non-hydrogen) atoms. The van der Waals surface area contributed by atoms with Crippen molar-refractivity contribution in [2.75, 3.05) is 0 Å². The highest BCUT2D eigenvalue weighted by molar-refractivity contribution is 9.10. The number of piperidine rings is 1. The summed E-state index contributed by atoms with van der Waals surface area (Å²) in [5, 5.41) is 0.865. The molecule has 1 fully saturated rings. The Kier molecular flexibility index (Phi) is 8.75. The summed E-state index contributed by atoms with van der Waals surface area (Å²) in [7, 11) is 0. The van der Waals surface area contributed by atoms with Crippen molar-refractivity contribution in [1.82, 2.24) is 4.90 Å². The Morgan fingerprint density at radius 1 is 1.00 bits per heavy atom. The second-order valence-electron chi connectivity index (χ2n) is 10.1. The number of benzene rings is 2. The Hall–Kier alpha value is -1.56. The van der Waals surface area contributed by atoms with Gasteiger partial charge >= 0.3 is 0 Å². The monoisotopic (exact) mass is 567 g/mol. The second kappa shape index (κ2) is 11.0. The molecule has 2 aromatic rings. The molecule has 0 saturated carbocycles. The van der Waals surface area contributed by atoms with Crippen LogP contribution in [-0.2, 0) is 4.79 Å². The number of rotatable bonds is 6. The summed E-state index contributed by atoms with van der Waals surface area (Å²) in [4.78, 5) is 28.7. The van der Waals surface area contributed by atoms with Gasteiger partial charge in [0.1, 0.15) is 11.5 Å². The summed E-state index contributed by atoms with van der Waals surface area (Å²) in [6.45, 7) is 12.8. The first-order chi connectivity index (χ1) is 15.9. The predicted molar refractivity (Wildman–Crippen MR) is 142 cm³/mol. The van der Waals surface area contributed by atoms with Crippen molar-refractivity contribution >= 4 is 50.9 Å². The van der Waals surface area contributed by atoms with Gasteiger partial charge < -0.3 is 4.74 Å². The maximum Gasteiger partial charge on any atom is 0.262 e. The molecule has 0 spiro atoms. The molecule has 2 amide bonds. The molecule has 0 radical (unpaired) electrons. The third-order valence-electron chi connectivity index (χ3n) is 6.68. The molecule has 0 aromatic heterocycles. The van der Waals surface area contributed by atoms with Crippen molar-refractivity contribution in [1.29, 1.82) is 0 Å². The van der Waals surface area contributed by atoms with E-state index < -0.39 is 0 Å². The van der Waals surface area contributed by atoms with E-state index in [4.69, 9.17) is 27.9 Å². The van der Waals surface area contributed by atoms with Crippen LogP contribution in [-0.4, -0.2) is 22.8 Å². The molecule has 1 aliphatic rings. The van der Waals surface area contributed by atoms with Crippen molar-refractivity contribution in [3.05, 3.63) is 56.5 Å². The van der Waals surface area contributed by atoms with Gasteiger partial charge in [0.05, 0.1) is 15.1 Å². The first kappa shape index (κ1) is 27.0. The molecule has 0 bridgehead atoms. The highest BCUT2D eigenvalue weighted by Crippen LogP contribution is 2.43. The molecule has 0 N–H and O–H groups in total. The van der Waals surface area contributed by atoms with Gasteiger partial charge in [-0.25, -0.2) is 0 Å². The Balaban J connectivity index is 2.00. The van der Waals surface area contributed by atoms with Crippen molar-refractivity contribution in [2.24, 2.45) is 29.6 Å². The molecule has 7 heteroatoms. The minimum atomic E-state index is -0.373. The fourth-order valence-electron chi connectivity index (χ4n) is 5.13. The van der Waals surface area contributed by atoms with Gasteiger partial charge in [0.25, 0.3) is 5.91 Å². The van der Waals surface area contributed by atoms with Crippen molar-refractivity contribution < 1.29 is 14.3 Å². The van der Waals surface area contributed by atoms with Gasteiger partial charge in [-0.3, -0.25) is 14.5 Å². The van der Waals surface area contributed by atoms with Crippen LogP contribution in [0.5, 0.6) is 11.5 Å². The maximum atomic E-state index is 13.8. The van der Waals surface area contributed by atoms with Crippen molar-refractivity contribution in [3.8, 4) is 11.5 Å². The number of likely N-dealkylation sites (tertiary alicyclic amines) is 1. The number of nitrogens with zero attached hydrogens (tertiary/aromatic N) is 1. The summed E-state index contributed by atoms with van der Waals surface area (Å²) in [6.07, 6.45) is 0.362. The van der Waals surface area contributed by atoms with E-state index in [9.17, 15) is 9.59 Å². The lowest BCUT2D eigenvalue weighted by atomic mass is 9.66. The molecule has 2 aromatic carbocycles. The molecule has 3 atom stereocenters. The number of imide groups is 1. The summed E-state index contributed by atoms with van der Waals surface area (Å²) in [5.74, 6) is 1.74. The number of amides is 2. The molecular formula is C27H32BrCl2NO3. The number of hydrogen-bond acceptors (Lipinski definition) is 3. The first-order valence-corrected chi connectivity index (χ1v) is 13.3. The number of carbonyl (C=O) groups is 2. The molecule has 3 unspecified atom stereocenters. The molecule has 1 aliphatic heterocycles.